The number of carbonyl (C=O) groups excluding carboxylic acids is 3. The molecule has 0 saturated heterocycles. The van der Waals surface area contributed by atoms with Gasteiger partial charge in [-0.3, -0.25) is 9.59 Å². The Morgan fingerprint density at radius 3 is 2.33 bits per heavy atom. The number of hydrogen-bond donors (Lipinski definition) is 2. The van der Waals surface area contributed by atoms with Crippen LogP contribution in [-0.4, -0.2) is 24.0 Å². The van der Waals surface area contributed by atoms with Crippen molar-refractivity contribution in [2.75, 3.05) is 4.90 Å². The molecule has 0 unspecified atom stereocenters. The van der Waals surface area contributed by atoms with Crippen molar-refractivity contribution in [3.05, 3.63) is 101 Å². The van der Waals surface area contributed by atoms with Crippen molar-refractivity contribution in [2.45, 2.75) is 32.1 Å². The van der Waals surface area contributed by atoms with Crippen LogP contribution < -0.4 is 20.9 Å². The number of nitrogens with one attached hydrogen (secondary N) is 1. The molecule has 3 N–H and O–H groups in total. The smallest absolute Gasteiger partial charge is 0.455 e. The predicted molar refractivity (Wildman–Crippen MR) is 151 cm³/mol. The van der Waals surface area contributed by atoms with Crippen molar-refractivity contribution in [1.82, 2.24) is 5.48 Å². The van der Waals surface area contributed by atoms with Crippen LogP contribution in [0.5, 0.6) is 11.5 Å². The van der Waals surface area contributed by atoms with Crippen molar-refractivity contribution in [2.24, 2.45) is 5.73 Å². The van der Waals surface area contributed by atoms with E-state index in [9.17, 15) is 27.6 Å². The number of halogens is 3. The molecule has 3 aromatic carbocycles. The number of ether oxygens (including phenoxy) is 1. The first-order valence-corrected chi connectivity index (χ1v) is 13.6. The van der Waals surface area contributed by atoms with E-state index in [4.69, 9.17) is 10.5 Å². The van der Waals surface area contributed by atoms with E-state index in [0.717, 1.165) is 22.3 Å². The summed E-state index contributed by atoms with van der Waals surface area (Å²) in [4.78, 5) is 41.6. The van der Waals surface area contributed by atoms with Crippen molar-refractivity contribution in [1.29, 1.82) is 0 Å². The maximum Gasteiger partial charge on any atom is 0.493 e. The summed E-state index contributed by atoms with van der Waals surface area (Å²) in [5, 5.41) is 4.00. The molecule has 0 aliphatic heterocycles. The molecule has 12 heteroatoms. The summed E-state index contributed by atoms with van der Waals surface area (Å²) in [6.45, 7) is 0.418. The molecule has 2 amide bonds. The number of nitrogens with zero attached hydrogens (tertiary/aromatic N) is 1. The second-order valence-corrected chi connectivity index (χ2v) is 9.80. The van der Waals surface area contributed by atoms with Crippen LogP contribution in [-0.2, 0) is 32.3 Å². The van der Waals surface area contributed by atoms with Crippen LogP contribution in [0.4, 0.5) is 18.9 Å². The fourth-order valence-electron chi connectivity index (χ4n) is 3.92. The molecule has 0 aliphatic rings. The minimum absolute atomic E-state index is 0.108. The zero-order chi connectivity index (χ0) is 30.1. The normalized spacial score (nSPS) is 11.0. The highest BCUT2D eigenvalue weighted by Crippen LogP contribution is 2.34. The number of para-hydroxylation sites is 2. The standard InChI is InChI=1S/C30H26F3N3O5S/c31-30(32,33)29(39)41-35-27(37)12-13-28(38)36(18-20-8-10-22(11-9-20)23-14-15-42-19-23)25-6-1-2-7-26(25)40-24-5-3-4-21(16-24)17-34/h1-11,14-16,19H,12-13,17-18,34H2,(H,35,37). The van der Waals surface area contributed by atoms with Crippen LogP contribution in [0.3, 0.4) is 0 Å². The van der Waals surface area contributed by atoms with E-state index in [1.165, 1.54) is 10.4 Å². The zero-order valence-electron chi connectivity index (χ0n) is 22.1. The predicted octanol–water partition coefficient (Wildman–Crippen LogP) is 6.12. The molecule has 0 radical (unpaired) electrons. The minimum atomic E-state index is -5.27. The summed E-state index contributed by atoms with van der Waals surface area (Å²) in [6, 6.07) is 23.6. The maximum atomic E-state index is 13.5. The molecule has 0 atom stereocenters. The molecule has 0 spiro atoms. The lowest BCUT2D eigenvalue weighted by molar-refractivity contribution is -0.207. The van der Waals surface area contributed by atoms with Gasteiger partial charge in [0.25, 0.3) is 5.91 Å². The number of rotatable bonds is 10. The Morgan fingerprint density at radius 1 is 0.881 bits per heavy atom. The third-order valence-corrected chi connectivity index (χ3v) is 6.71. The van der Waals surface area contributed by atoms with Gasteiger partial charge in [0.15, 0.2) is 5.75 Å². The molecule has 0 fully saturated rings. The van der Waals surface area contributed by atoms with Gasteiger partial charge in [0.1, 0.15) is 5.75 Å². The molecule has 4 rings (SSSR count). The molecular formula is C30H26F3N3O5S. The number of alkyl halides is 3. The van der Waals surface area contributed by atoms with E-state index in [2.05, 4.69) is 4.84 Å². The van der Waals surface area contributed by atoms with Crippen molar-refractivity contribution in [3.8, 4) is 22.6 Å². The van der Waals surface area contributed by atoms with Gasteiger partial charge in [-0.1, -0.05) is 48.5 Å². The quantitative estimate of drug-likeness (QED) is 0.213. The Morgan fingerprint density at radius 2 is 1.64 bits per heavy atom. The number of carbonyl (C=O) groups is 3. The van der Waals surface area contributed by atoms with E-state index in [1.807, 2.05) is 47.2 Å². The average molecular weight is 598 g/mol. The Kier molecular flexibility index (Phi) is 9.94. The second-order valence-electron chi connectivity index (χ2n) is 9.02. The summed E-state index contributed by atoms with van der Waals surface area (Å²) in [7, 11) is 0. The lowest BCUT2D eigenvalue weighted by atomic mass is 10.1. The number of hydrogen-bond acceptors (Lipinski definition) is 7. The highest BCUT2D eigenvalue weighted by atomic mass is 32.1. The molecule has 8 nitrogen and oxygen atoms in total. The van der Waals surface area contributed by atoms with E-state index < -0.39 is 30.4 Å². The van der Waals surface area contributed by atoms with Crippen LogP contribution in [0.1, 0.15) is 24.0 Å². The summed E-state index contributed by atoms with van der Waals surface area (Å²) in [5.41, 5.74) is 11.3. The van der Waals surface area contributed by atoms with Crippen molar-refractivity contribution >= 4 is 34.8 Å². The number of benzene rings is 3. The van der Waals surface area contributed by atoms with Gasteiger partial charge in [0.2, 0.25) is 5.91 Å². The number of hydroxylamine groups is 1. The fourth-order valence-corrected chi connectivity index (χ4v) is 4.58. The third kappa shape index (κ3) is 8.18. The molecule has 0 aliphatic carbocycles. The van der Waals surface area contributed by atoms with E-state index in [1.54, 1.807) is 53.8 Å². The molecule has 42 heavy (non-hydrogen) atoms. The van der Waals surface area contributed by atoms with Gasteiger partial charge in [-0.15, -0.1) is 0 Å². The first-order valence-electron chi connectivity index (χ1n) is 12.7. The first-order chi connectivity index (χ1) is 20.1. The minimum Gasteiger partial charge on any atom is -0.455 e. The van der Waals surface area contributed by atoms with Crippen LogP contribution in [0.2, 0.25) is 0 Å². The van der Waals surface area contributed by atoms with E-state index in [0.29, 0.717) is 23.7 Å². The summed E-state index contributed by atoms with van der Waals surface area (Å²) in [6.07, 6.45) is -6.19. The molecule has 218 valence electrons. The second kappa shape index (κ2) is 13.8. The number of nitrogens with two attached hydrogens (primary N) is 1. The lowest BCUT2D eigenvalue weighted by Gasteiger charge is -2.25. The largest absolute Gasteiger partial charge is 0.493 e. The molecule has 0 saturated carbocycles. The SMILES string of the molecule is NCc1cccc(Oc2ccccc2N(Cc2ccc(-c3ccsc3)cc2)C(=O)CCC(=O)NOC(=O)C(F)(F)F)c1. The molecule has 0 bridgehead atoms. The Bertz CT molecular complexity index is 1530. The fraction of sp³-hybridized carbons (Fsp3) is 0.167. The van der Waals surface area contributed by atoms with E-state index >= 15 is 0 Å². The summed E-state index contributed by atoms with van der Waals surface area (Å²) >= 11 is 1.58. The molecule has 1 aromatic heterocycles. The Hall–Kier alpha value is -4.68. The molecular weight excluding hydrogens is 571 g/mol. The Balaban J connectivity index is 1.56. The zero-order valence-corrected chi connectivity index (χ0v) is 22.9. The van der Waals surface area contributed by atoms with Gasteiger partial charge in [0, 0.05) is 19.4 Å². The van der Waals surface area contributed by atoms with Crippen LogP contribution in [0, 0.1) is 0 Å². The number of thiophene rings is 1. The third-order valence-electron chi connectivity index (χ3n) is 6.02. The maximum absolute atomic E-state index is 13.5. The van der Waals surface area contributed by atoms with Crippen LogP contribution in [0.15, 0.2) is 89.6 Å². The van der Waals surface area contributed by atoms with Gasteiger partial charge in [0.05, 0.1) is 12.2 Å². The summed E-state index contributed by atoms with van der Waals surface area (Å²) < 4.78 is 43.2. The lowest BCUT2D eigenvalue weighted by Crippen LogP contribution is -2.36. The number of anilines is 1. The van der Waals surface area contributed by atoms with Gasteiger partial charge in [-0.05, 0) is 63.3 Å². The molecule has 1 heterocycles. The average Bonchev–Trinajstić information content (AvgIpc) is 3.53. The van der Waals surface area contributed by atoms with Crippen LogP contribution >= 0.6 is 11.3 Å². The van der Waals surface area contributed by atoms with Gasteiger partial charge < -0.3 is 20.2 Å². The molecule has 4 aromatic rings. The van der Waals surface area contributed by atoms with Gasteiger partial charge in [-0.2, -0.15) is 30.0 Å². The highest BCUT2D eigenvalue weighted by molar-refractivity contribution is 7.08. The monoisotopic (exact) mass is 597 g/mol. The topological polar surface area (TPSA) is 111 Å². The highest BCUT2D eigenvalue weighted by Gasteiger charge is 2.42. The van der Waals surface area contributed by atoms with Gasteiger partial charge >= 0.3 is 12.1 Å². The van der Waals surface area contributed by atoms with Crippen molar-refractivity contribution in [3.63, 3.8) is 0 Å². The summed E-state index contributed by atoms with van der Waals surface area (Å²) in [5.74, 6) is -3.29. The van der Waals surface area contributed by atoms with Gasteiger partial charge in [-0.25, -0.2) is 4.79 Å². The van der Waals surface area contributed by atoms with Crippen molar-refractivity contribution < 1.29 is 37.1 Å². The number of amides is 2. The van der Waals surface area contributed by atoms with E-state index in [-0.39, 0.29) is 13.0 Å². The Labute approximate surface area is 243 Å². The van der Waals surface area contributed by atoms with Crippen LogP contribution in [0.25, 0.3) is 11.1 Å². The first kappa shape index (κ1) is 30.3.